The van der Waals surface area contributed by atoms with Crippen molar-refractivity contribution in [2.45, 2.75) is 25.0 Å². The number of halogens is 1. The third kappa shape index (κ3) is 3.80. The van der Waals surface area contributed by atoms with E-state index in [2.05, 4.69) is 0 Å². The number of methoxy groups -OCH3 is 1. The molecule has 2 aromatic carbocycles. The van der Waals surface area contributed by atoms with Crippen molar-refractivity contribution in [3.63, 3.8) is 0 Å². The average molecular weight is 428 g/mol. The van der Waals surface area contributed by atoms with E-state index in [-0.39, 0.29) is 24.0 Å². The highest BCUT2D eigenvalue weighted by Gasteiger charge is 2.47. The van der Waals surface area contributed by atoms with Crippen molar-refractivity contribution in [3.05, 3.63) is 70.3 Å². The van der Waals surface area contributed by atoms with E-state index in [0.29, 0.717) is 28.5 Å². The minimum atomic E-state index is -0.736. The van der Waals surface area contributed by atoms with Crippen LogP contribution in [0, 0.1) is 0 Å². The van der Waals surface area contributed by atoms with Gasteiger partial charge in [-0.25, -0.2) is 0 Å². The summed E-state index contributed by atoms with van der Waals surface area (Å²) in [6, 6.07) is 12.9. The van der Waals surface area contributed by atoms with Crippen LogP contribution in [0.4, 0.5) is 0 Å². The van der Waals surface area contributed by atoms with Gasteiger partial charge in [0.15, 0.2) is 0 Å². The zero-order valence-electron chi connectivity index (χ0n) is 16.5. The molecule has 6 nitrogen and oxygen atoms in total. The summed E-state index contributed by atoms with van der Waals surface area (Å²) in [5.41, 5.74) is 1.15. The molecule has 0 aliphatic carbocycles. The highest BCUT2D eigenvalue weighted by atomic mass is 35.5. The van der Waals surface area contributed by atoms with Gasteiger partial charge in [0, 0.05) is 23.7 Å². The summed E-state index contributed by atoms with van der Waals surface area (Å²) in [6.45, 7) is 0.924. The third-order valence-corrected chi connectivity index (χ3v) is 5.74. The number of likely N-dealkylation sites (tertiary alicyclic amines) is 1. The molecule has 1 amide bonds. The molecule has 30 heavy (non-hydrogen) atoms. The Kier molecular flexibility index (Phi) is 5.79. The fraction of sp³-hybridized carbons (Fsp3) is 0.304. The average Bonchev–Trinajstić information content (AvgIpc) is 3.36. The summed E-state index contributed by atoms with van der Waals surface area (Å²) in [4.78, 5) is 27.5. The molecule has 0 aromatic heterocycles. The predicted molar refractivity (Wildman–Crippen MR) is 112 cm³/mol. The maximum absolute atomic E-state index is 13.0. The second-order valence-electron chi connectivity index (χ2n) is 7.37. The van der Waals surface area contributed by atoms with Crippen LogP contribution in [0.25, 0.3) is 5.76 Å². The van der Waals surface area contributed by atoms with Gasteiger partial charge in [0.2, 0.25) is 0 Å². The molecule has 0 spiro atoms. The topological polar surface area (TPSA) is 76.1 Å². The van der Waals surface area contributed by atoms with E-state index in [0.717, 1.165) is 12.8 Å². The minimum absolute atomic E-state index is 0.0496. The fourth-order valence-corrected chi connectivity index (χ4v) is 4.12. The lowest BCUT2D eigenvalue weighted by molar-refractivity contribution is -0.140. The number of ketones is 1. The Labute approximate surface area is 179 Å². The van der Waals surface area contributed by atoms with Gasteiger partial charge in [0.25, 0.3) is 11.7 Å². The lowest BCUT2D eigenvalue weighted by Gasteiger charge is -2.27. The van der Waals surface area contributed by atoms with E-state index in [1.165, 1.54) is 4.90 Å². The minimum Gasteiger partial charge on any atom is -0.507 e. The van der Waals surface area contributed by atoms with E-state index in [9.17, 15) is 14.7 Å². The Morgan fingerprint density at radius 1 is 1.23 bits per heavy atom. The largest absolute Gasteiger partial charge is 0.507 e. The molecule has 2 aliphatic rings. The van der Waals surface area contributed by atoms with Crippen LogP contribution in [0.2, 0.25) is 5.02 Å². The molecule has 2 atom stereocenters. The number of hydrogen-bond acceptors (Lipinski definition) is 5. The number of benzene rings is 2. The highest BCUT2D eigenvalue weighted by Crippen LogP contribution is 2.41. The molecule has 2 aliphatic heterocycles. The molecule has 0 bridgehead atoms. The van der Waals surface area contributed by atoms with Crippen molar-refractivity contribution in [3.8, 4) is 5.75 Å². The smallest absolute Gasteiger partial charge is 0.295 e. The molecule has 4 rings (SSSR count). The number of Topliss-reactive ketones (excluding diaryl/α,β-unsaturated/α-hetero) is 1. The van der Waals surface area contributed by atoms with Crippen LogP contribution in [0.1, 0.15) is 30.0 Å². The van der Waals surface area contributed by atoms with Gasteiger partial charge in [-0.15, -0.1) is 0 Å². The number of hydrogen-bond donors (Lipinski definition) is 1. The number of aliphatic hydroxyl groups excluding tert-OH is 1. The lowest BCUT2D eigenvalue weighted by atomic mass is 9.95. The van der Waals surface area contributed by atoms with Gasteiger partial charge in [-0.3, -0.25) is 9.59 Å². The summed E-state index contributed by atoms with van der Waals surface area (Å²) in [5, 5.41) is 11.5. The Balaban J connectivity index is 1.83. The number of rotatable bonds is 5. The van der Waals surface area contributed by atoms with Gasteiger partial charge in [0.1, 0.15) is 11.5 Å². The monoisotopic (exact) mass is 427 g/mol. The van der Waals surface area contributed by atoms with E-state index in [1.54, 1.807) is 49.6 Å². The number of carbonyl (C=O) groups excluding carboxylic acids is 2. The quantitative estimate of drug-likeness (QED) is 0.444. The number of amides is 1. The van der Waals surface area contributed by atoms with E-state index in [4.69, 9.17) is 21.1 Å². The normalized spacial score (nSPS) is 23.2. The molecule has 0 saturated carbocycles. The van der Waals surface area contributed by atoms with Gasteiger partial charge >= 0.3 is 0 Å². The Bertz CT molecular complexity index is 995. The lowest BCUT2D eigenvalue weighted by Crippen LogP contribution is -2.36. The molecule has 2 fully saturated rings. The van der Waals surface area contributed by atoms with Crippen molar-refractivity contribution in [2.24, 2.45) is 0 Å². The Morgan fingerprint density at radius 3 is 2.67 bits per heavy atom. The number of ether oxygens (including phenoxy) is 2. The van der Waals surface area contributed by atoms with Crippen LogP contribution >= 0.6 is 11.6 Å². The van der Waals surface area contributed by atoms with Crippen LogP contribution in [0.5, 0.6) is 5.75 Å². The number of aliphatic hydroxyl groups is 1. The first-order valence-corrected chi connectivity index (χ1v) is 10.2. The van der Waals surface area contributed by atoms with Gasteiger partial charge in [0.05, 0.1) is 24.8 Å². The molecular weight excluding hydrogens is 406 g/mol. The molecule has 156 valence electrons. The first-order valence-electron chi connectivity index (χ1n) is 9.79. The van der Waals surface area contributed by atoms with Crippen LogP contribution in [0.15, 0.2) is 54.1 Å². The van der Waals surface area contributed by atoms with Crippen molar-refractivity contribution in [1.29, 1.82) is 0 Å². The molecule has 2 aromatic rings. The van der Waals surface area contributed by atoms with Gasteiger partial charge < -0.3 is 19.5 Å². The second-order valence-corrected chi connectivity index (χ2v) is 7.81. The summed E-state index contributed by atoms with van der Waals surface area (Å²) >= 11 is 5.95. The van der Waals surface area contributed by atoms with E-state index >= 15 is 0 Å². The van der Waals surface area contributed by atoms with Crippen LogP contribution in [0.3, 0.4) is 0 Å². The summed E-state index contributed by atoms with van der Waals surface area (Å²) < 4.78 is 11.0. The summed E-state index contributed by atoms with van der Waals surface area (Å²) in [5.74, 6) is -0.989. The van der Waals surface area contributed by atoms with E-state index in [1.807, 2.05) is 6.07 Å². The van der Waals surface area contributed by atoms with Crippen molar-refractivity contribution in [2.75, 3.05) is 20.3 Å². The molecule has 0 radical (unpaired) electrons. The standard InChI is InChI=1S/C23H22ClNO5/c1-29-17-5-2-4-15(12-17)20-19(21(26)14-7-9-16(24)10-8-14)22(27)23(28)25(20)13-18-6-3-11-30-18/h2,4-5,7-10,12,18,20,26H,3,6,11,13H2,1H3/b21-19+/t18-,20+/m0/s1. The van der Waals surface area contributed by atoms with Crippen molar-refractivity contribution < 1.29 is 24.2 Å². The van der Waals surface area contributed by atoms with Gasteiger partial charge in [-0.05, 0) is 54.8 Å². The zero-order valence-corrected chi connectivity index (χ0v) is 17.3. The third-order valence-electron chi connectivity index (χ3n) is 5.49. The molecule has 1 N–H and O–H groups in total. The highest BCUT2D eigenvalue weighted by molar-refractivity contribution is 6.46. The van der Waals surface area contributed by atoms with Gasteiger partial charge in [-0.1, -0.05) is 23.7 Å². The number of carbonyl (C=O) groups is 2. The molecule has 7 heteroatoms. The molecule has 2 saturated heterocycles. The van der Waals surface area contributed by atoms with Gasteiger partial charge in [-0.2, -0.15) is 0 Å². The predicted octanol–water partition coefficient (Wildman–Crippen LogP) is 3.95. The Morgan fingerprint density at radius 2 is 2.00 bits per heavy atom. The maximum atomic E-state index is 13.0. The zero-order chi connectivity index (χ0) is 21.3. The first-order chi connectivity index (χ1) is 14.5. The fourth-order valence-electron chi connectivity index (χ4n) is 4.00. The second kappa shape index (κ2) is 8.50. The van der Waals surface area contributed by atoms with E-state index < -0.39 is 17.7 Å². The van der Waals surface area contributed by atoms with Crippen LogP contribution in [-0.4, -0.2) is 48.1 Å². The molecular formula is C23H22ClNO5. The van der Waals surface area contributed by atoms with Crippen LogP contribution in [-0.2, 0) is 14.3 Å². The van der Waals surface area contributed by atoms with Crippen molar-refractivity contribution >= 4 is 29.1 Å². The van der Waals surface area contributed by atoms with Crippen molar-refractivity contribution in [1.82, 2.24) is 4.90 Å². The Hall–Kier alpha value is -2.83. The molecule has 0 unspecified atom stereocenters. The SMILES string of the molecule is COc1cccc([C@@H]2/C(=C(\O)c3ccc(Cl)cc3)C(=O)C(=O)N2C[C@@H]2CCCO2)c1. The summed E-state index contributed by atoms with van der Waals surface area (Å²) in [6.07, 6.45) is 1.61. The summed E-state index contributed by atoms with van der Waals surface area (Å²) in [7, 11) is 1.55. The van der Waals surface area contributed by atoms with Crippen LogP contribution < -0.4 is 4.74 Å². The molecule has 2 heterocycles. The first kappa shape index (κ1) is 20.4. The maximum Gasteiger partial charge on any atom is 0.295 e. The number of nitrogens with zero attached hydrogens (tertiary/aromatic N) is 1.